The van der Waals surface area contributed by atoms with Gasteiger partial charge in [-0.05, 0) is 18.6 Å². The van der Waals surface area contributed by atoms with Gasteiger partial charge in [-0.25, -0.2) is 0 Å². The van der Waals surface area contributed by atoms with Crippen LogP contribution in [0.15, 0.2) is 18.2 Å². The van der Waals surface area contributed by atoms with Crippen LogP contribution in [0.3, 0.4) is 0 Å². The van der Waals surface area contributed by atoms with E-state index in [1.54, 1.807) is 13.2 Å². The first kappa shape index (κ1) is 9.56. The molecule has 1 rings (SSSR count). The van der Waals surface area contributed by atoms with E-state index in [1.165, 1.54) is 0 Å². The number of benzene rings is 1. The number of para-hydroxylation sites is 1. The molecule has 0 amide bonds. The van der Waals surface area contributed by atoms with Crippen LogP contribution in [-0.4, -0.2) is 13.9 Å². The number of ether oxygens (including phenoxy) is 2. The third-order valence-corrected chi connectivity index (χ3v) is 1.65. The summed E-state index contributed by atoms with van der Waals surface area (Å²) < 4.78 is 10.0. The lowest BCUT2D eigenvalue weighted by molar-refractivity contribution is 0.0504. The number of aryl methyl sites for hydroxylation is 1. The second-order valence-corrected chi connectivity index (χ2v) is 2.61. The molecule has 0 saturated heterocycles. The van der Waals surface area contributed by atoms with Crippen LogP contribution >= 0.6 is 0 Å². The van der Waals surface area contributed by atoms with Crippen molar-refractivity contribution in [2.45, 2.75) is 6.92 Å². The predicted molar refractivity (Wildman–Crippen MR) is 48.4 cm³/mol. The molecule has 0 aliphatic rings. The van der Waals surface area contributed by atoms with E-state index in [2.05, 4.69) is 6.07 Å². The SMILES string of the molecule is COCOc1c(C)cccc1C#N. The third kappa shape index (κ3) is 2.20. The Morgan fingerprint density at radius 2 is 2.23 bits per heavy atom. The van der Waals surface area contributed by atoms with Crippen LogP contribution in [0.5, 0.6) is 5.75 Å². The van der Waals surface area contributed by atoms with E-state index in [9.17, 15) is 0 Å². The monoisotopic (exact) mass is 177 g/mol. The van der Waals surface area contributed by atoms with Crippen molar-refractivity contribution in [3.05, 3.63) is 29.3 Å². The van der Waals surface area contributed by atoms with E-state index in [0.29, 0.717) is 11.3 Å². The molecule has 3 heteroatoms. The molecule has 0 heterocycles. The zero-order valence-corrected chi connectivity index (χ0v) is 7.70. The Bertz CT molecular complexity index is 328. The Kier molecular flexibility index (Phi) is 3.30. The molecule has 0 aromatic heterocycles. The van der Waals surface area contributed by atoms with Crippen LogP contribution < -0.4 is 4.74 Å². The van der Waals surface area contributed by atoms with Crippen molar-refractivity contribution in [2.24, 2.45) is 0 Å². The van der Waals surface area contributed by atoms with Crippen LogP contribution in [0.4, 0.5) is 0 Å². The first-order valence-electron chi connectivity index (χ1n) is 3.91. The van der Waals surface area contributed by atoms with Crippen molar-refractivity contribution in [3.8, 4) is 11.8 Å². The van der Waals surface area contributed by atoms with E-state index in [-0.39, 0.29) is 6.79 Å². The van der Waals surface area contributed by atoms with E-state index < -0.39 is 0 Å². The Labute approximate surface area is 77.5 Å². The molecular weight excluding hydrogens is 166 g/mol. The van der Waals surface area contributed by atoms with E-state index >= 15 is 0 Å². The van der Waals surface area contributed by atoms with Crippen molar-refractivity contribution in [3.63, 3.8) is 0 Å². The second-order valence-electron chi connectivity index (χ2n) is 2.61. The molecule has 68 valence electrons. The molecule has 0 atom stereocenters. The molecule has 0 saturated carbocycles. The minimum atomic E-state index is 0.166. The molecule has 0 spiro atoms. The van der Waals surface area contributed by atoms with Gasteiger partial charge in [0.1, 0.15) is 11.8 Å². The molecule has 0 bridgehead atoms. The third-order valence-electron chi connectivity index (χ3n) is 1.65. The molecule has 0 aliphatic heterocycles. The van der Waals surface area contributed by atoms with Crippen molar-refractivity contribution >= 4 is 0 Å². The lowest BCUT2D eigenvalue weighted by Crippen LogP contribution is -2.01. The zero-order valence-electron chi connectivity index (χ0n) is 7.70. The minimum Gasteiger partial charge on any atom is -0.466 e. The molecule has 0 aliphatic carbocycles. The molecule has 1 aromatic carbocycles. The summed E-state index contributed by atoms with van der Waals surface area (Å²) >= 11 is 0. The van der Waals surface area contributed by atoms with Gasteiger partial charge in [0.25, 0.3) is 0 Å². The Hall–Kier alpha value is -1.53. The van der Waals surface area contributed by atoms with Gasteiger partial charge in [-0.1, -0.05) is 12.1 Å². The Morgan fingerprint density at radius 3 is 2.85 bits per heavy atom. The molecule has 0 unspecified atom stereocenters. The van der Waals surface area contributed by atoms with Crippen LogP contribution in [-0.2, 0) is 4.74 Å². The van der Waals surface area contributed by atoms with Gasteiger partial charge in [0, 0.05) is 7.11 Å². The van der Waals surface area contributed by atoms with Crippen LogP contribution in [0, 0.1) is 18.3 Å². The van der Waals surface area contributed by atoms with Crippen LogP contribution in [0.25, 0.3) is 0 Å². The molecular formula is C10H11NO2. The summed E-state index contributed by atoms with van der Waals surface area (Å²) in [5.74, 6) is 0.604. The average molecular weight is 177 g/mol. The van der Waals surface area contributed by atoms with Crippen molar-refractivity contribution < 1.29 is 9.47 Å². The van der Waals surface area contributed by atoms with E-state index in [4.69, 9.17) is 14.7 Å². The maximum absolute atomic E-state index is 8.77. The summed E-state index contributed by atoms with van der Waals surface area (Å²) in [5.41, 5.74) is 1.48. The average Bonchev–Trinajstić information content (AvgIpc) is 2.15. The summed E-state index contributed by atoms with van der Waals surface area (Å²) in [6, 6.07) is 7.51. The normalized spacial score (nSPS) is 9.31. The fourth-order valence-electron chi connectivity index (χ4n) is 1.05. The van der Waals surface area contributed by atoms with Gasteiger partial charge >= 0.3 is 0 Å². The van der Waals surface area contributed by atoms with Crippen molar-refractivity contribution in [1.29, 1.82) is 5.26 Å². The van der Waals surface area contributed by atoms with Crippen molar-refractivity contribution in [1.82, 2.24) is 0 Å². The number of rotatable bonds is 3. The standard InChI is InChI=1S/C10H11NO2/c1-8-4-3-5-9(6-11)10(8)13-7-12-2/h3-5H,7H2,1-2H3. The van der Waals surface area contributed by atoms with Gasteiger partial charge in [-0.3, -0.25) is 0 Å². The summed E-state index contributed by atoms with van der Waals surface area (Å²) in [7, 11) is 1.55. The highest BCUT2D eigenvalue weighted by Gasteiger charge is 2.05. The minimum absolute atomic E-state index is 0.166. The maximum atomic E-state index is 8.77. The molecule has 13 heavy (non-hydrogen) atoms. The molecule has 3 nitrogen and oxygen atoms in total. The highest BCUT2D eigenvalue weighted by atomic mass is 16.7. The Morgan fingerprint density at radius 1 is 1.46 bits per heavy atom. The quantitative estimate of drug-likeness (QED) is 0.661. The fourth-order valence-corrected chi connectivity index (χ4v) is 1.05. The van der Waals surface area contributed by atoms with Crippen LogP contribution in [0.2, 0.25) is 0 Å². The lowest BCUT2D eigenvalue weighted by Gasteiger charge is -2.08. The number of hydrogen-bond donors (Lipinski definition) is 0. The van der Waals surface area contributed by atoms with Gasteiger partial charge in [0.15, 0.2) is 6.79 Å². The number of hydrogen-bond acceptors (Lipinski definition) is 3. The van der Waals surface area contributed by atoms with E-state index in [0.717, 1.165) is 5.56 Å². The molecule has 0 radical (unpaired) electrons. The summed E-state index contributed by atoms with van der Waals surface area (Å²) in [5, 5.41) is 8.77. The second kappa shape index (κ2) is 4.48. The first-order valence-corrected chi connectivity index (χ1v) is 3.91. The highest BCUT2D eigenvalue weighted by molar-refractivity contribution is 5.47. The summed E-state index contributed by atoms with van der Waals surface area (Å²) in [4.78, 5) is 0. The number of nitrogens with zero attached hydrogens (tertiary/aromatic N) is 1. The largest absolute Gasteiger partial charge is 0.466 e. The Balaban J connectivity index is 2.95. The smallest absolute Gasteiger partial charge is 0.188 e. The van der Waals surface area contributed by atoms with Gasteiger partial charge in [0.05, 0.1) is 5.56 Å². The van der Waals surface area contributed by atoms with Crippen LogP contribution in [0.1, 0.15) is 11.1 Å². The lowest BCUT2D eigenvalue weighted by atomic mass is 10.1. The molecule has 1 aromatic rings. The van der Waals surface area contributed by atoms with Gasteiger partial charge < -0.3 is 9.47 Å². The van der Waals surface area contributed by atoms with Gasteiger partial charge in [0.2, 0.25) is 0 Å². The van der Waals surface area contributed by atoms with Crippen molar-refractivity contribution in [2.75, 3.05) is 13.9 Å². The predicted octanol–water partition coefficient (Wildman–Crippen LogP) is 1.85. The first-order chi connectivity index (χ1) is 6.29. The van der Waals surface area contributed by atoms with Gasteiger partial charge in [-0.2, -0.15) is 5.26 Å². The highest BCUT2D eigenvalue weighted by Crippen LogP contribution is 2.22. The maximum Gasteiger partial charge on any atom is 0.188 e. The fraction of sp³-hybridized carbons (Fsp3) is 0.300. The zero-order chi connectivity index (χ0) is 9.68. The molecule has 0 fully saturated rings. The van der Waals surface area contributed by atoms with Gasteiger partial charge in [-0.15, -0.1) is 0 Å². The number of methoxy groups -OCH3 is 1. The summed E-state index contributed by atoms with van der Waals surface area (Å²) in [6.07, 6.45) is 0. The number of nitriles is 1. The van der Waals surface area contributed by atoms with E-state index in [1.807, 2.05) is 19.1 Å². The topological polar surface area (TPSA) is 42.2 Å². The summed E-state index contributed by atoms with van der Waals surface area (Å²) in [6.45, 7) is 2.06. The molecule has 0 N–H and O–H groups in total.